The summed E-state index contributed by atoms with van der Waals surface area (Å²) in [5.74, 6) is -0.424. The molecule has 4 heteroatoms. The molecule has 0 bridgehead atoms. The van der Waals surface area contributed by atoms with E-state index in [1.54, 1.807) is 30.3 Å². The monoisotopic (exact) mass is 224 g/mol. The first-order valence-corrected chi connectivity index (χ1v) is 4.57. The normalized spacial score (nSPS) is 10.3. The van der Waals surface area contributed by atoms with Crippen LogP contribution in [0.25, 0.3) is 6.08 Å². The number of rotatable bonds is 3. The molecule has 78 valence electrons. The fourth-order valence-electron chi connectivity index (χ4n) is 0.958. The van der Waals surface area contributed by atoms with E-state index in [-0.39, 0.29) is 0 Å². The minimum absolute atomic E-state index is 0.423. The van der Waals surface area contributed by atoms with Crippen LogP contribution in [-0.4, -0.2) is 18.3 Å². The average Bonchev–Trinajstić information content (AvgIpc) is 2.26. The second-order valence-corrected chi connectivity index (χ2v) is 3.10. The van der Waals surface area contributed by atoms with Gasteiger partial charge in [0, 0.05) is 11.6 Å². The number of hydrogen-bond acceptors (Lipinski definition) is 3. The van der Waals surface area contributed by atoms with Crippen molar-refractivity contribution in [2.24, 2.45) is 0 Å². The summed E-state index contributed by atoms with van der Waals surface area (Å²) in [5.41, 5.74) is 1.22. The standard InChI is InChI=1S/C11H9ClO3/c1-15-10(13)7-4-8-2-5-9(6-3-8)11(12)14/h2-7H,1H3/b7-4+. The summed E-state index contributed by atoms with van der Waals surface area (Å²) >= 11 is 5.27. The molecule has 1 aromatic carbocycles. The van der Waals surface area contributed by atoms with E-state index in [0.29, 0.717) is 5.56 Å². The highest BCUT2D eigenvalue weighted by molar-refractivity contribution is 6.67. The number of esters is 1. The Morgan fingerprint density at radius 2 is 1.87 bits per heavy atom. The lowest BCUT2D eigenvalue weighted by Gasteiger charge is -1.95. The topological polar surface area (TPSA) is 43.4 Å². The first-order chi connectivity index (χ1) is 7.13. The van der Waals surface area contributed by atoms with Crippen LogP contribution >= 0.6 is 11.6 Å². The molecule has 0 heterocycles. The lowest BCUT2D eigenvalue weighted by molar-refractivity contribution is -0.134. The van der Waals surface area contributed by atoms with Crippen LogP contribution in [0.4, 0.5) is 0 Å². The minimum atomic E-state index is -0.501. The van der Waals surface area contributed by atoms with E-state index in [0.717, 1.165) is 5.56 Å². The van der Waals surface area contributed by atoms with Gasteiger partial charge >= 0.3 is 5.97 Å². The third kappa shape index (κ3) is 3.56. The Balaban J connectivity index is 2.77. The molecule has 0 saturated heterocycles. The number of carbonyl (C=O) groups excluding carboxylic acids is 2. The SMILES string of the molecule is COC(=O)/C=C/c1ccc(C(=O)Cl)cc1. The second kappa shape index (κ2) is 5.32. The first-order valence-electron chi connectivity index (χ1n) is 4.19. The predicted octanol–water partition coefficient (Wildman–Crippen LogP) is 2.25. The van der Waals surface area contributed by atoms with Crippen molar-refractivity contribution in [3.05, 3.63) is 41.5 Å². The zero-order valence-electron chi connectivity index (χ0n) is 8.07. The maximum atomic E-state index is 10.8. The van der Waals surface area contributed by atoms with E-state index in [9.17, 15) is 9.59 Å². The van der Waals surface area contributed by atoms with Gasteiger partial charge in [0.25, 0.3) is 5.24 Å². The second-order valence-electron chi connectivity index (χ2n) is 2.75. The third-order valence-corrected chi connectivity index (χ3v) is 1.97. The minimum Gasteiger partial charge on any atom is -0.466 e. The van der Waals surface area contributed by atoms with E-state index < -0.39 is 11.2 Å². The molecular weight excluding hydrogens is 216 g/mol. The maximum Gasteiger partial charge on any atom is 0.330 e. The summed E-state index contributed by atoms with van der Waals surface area (Å²) in [6.07, 6.45) is 2.89. The van der Waals surface area contributed by atoms with Gasteiger partial charge in [-0.2, -0.15) is 0 Å². The lowest BCUT2D eigenvalue weighted by atomic mass is 10.1. The van der Waals surface area contributed by atoms with Crippen molar-refractivity contribution < 1.29 is 14.3 Å². The van der Waals surface area contributed by atoms with Gasteiger partial charge in [0.2, 0.25) is 0 Å². The molecular formula is C11H9ClO3. The molecule has 3 nitrogen and oxygen atoms in total. The third-order valence-electron chi connectivity index (χ3n) is 1.75. The lowest BCUT2D eigenvalue weighted by Crippen LogP contribution is -1.93. The molecule has 0 saturated carbocycles. The number of hydrogen-bond donors (Lipinski definition) is 0. The Labute approximate surface area is 92.3 Å². The van der Waals surface area contributed by atoms with Crippen molar-refractivity contribution in [2.75, 3.05) is 7.11 Å². The smallest absolute Gasteiger partial charge is 0.330 e. The highest BCUT2D eigenvalue weighted by Crippen LogP contribution is 2.08. The molecule has 0 unspecified atom stereocenters. The Morgan fingerprint density at radius 3 is 2.33 bits per heavy atom. The molecule has 0 fully saturated rings. The van der Waals surface area contributed by atoms with Gasteiger partial charge in [-0.3, -0.25) is 4.79 Å². The molecule has 0 aliphatic carbocycles. The molecule has 0 aliphatic heterocycles. The average molecular weight is 225 g/mol. The molecule has 0 amide bonds. The van der Waals surface area contributed by atoms with Crippen molar-refractivity contribution in [2.45, 2.75) is 0 Å². The van der Waals surface area contributed by atoms with Crippen molar-refractivity contribution in [1.29, 1.82) is 0 Å². The highest BCUT2D eigenvalue weighted by Gasteiger charge is 1.99. The van der Waals surface area contributed by atoms with Gasteiger partial charge in [0.1, 0.15) is 0 Å². The summed E-state index contributed by atoms with van der Waals surface area (Å²) in [6, 6.07) is 6.56. The van der Waals surface area contributed by atoms with Gasteiger partial charge in [-0.15, -0.1) is 0 Å². The van der Waals surface area contributed by atoms with E-state index in [2.05, 4.69) is 4.74 Å². The van der Waals surface area contributed by atoms with Crippen molar-refractivity contribution in [3.8, 4) is 0 Å². The molecule has 0 aliphatic rings. The zero-order valence-corrected chi connectivity index (χ0v) is 8.82. The summed E-state index contributed by atoms with van der Waals surface area (Å²) in [4.78, 5) is 21.5. The van der Waals surface area contributed by atoms with Gasteiger partial charge < -0.3 is 4.74 Å². The van der Waals surface area contributed by atoms with E-state index >= 15 is 0 Å². The quantitative estimate of drug-likeness (QED) is 0.449. The molecule has 0 spiro atoms. The van der Waals surface area contributed by atoms with Crippen molar-refractivity contribution in [1.82, 2.24) is 0 Å². The van der Waals surface area contributed by atoms with Crippen LogP contribution in [0.1, 0.15) is 15.9 Å². The highest BCUT2D eigenvalue weighted by atomic mass is 35.5. The van der Waals surface area contributed by atoms with Crippen LogP contribution in [0.15, 0.2) is 30.3 Å². The Hall–Kier alpha value is -1.61. The Kier molecular flexibility index (Phi) is 4.06. The summed E-state index contributed by atoms with van der Waals surface area (Å²) in [6.45, 7) is 0. The number of ether oxygens (including phenoxy) is 1. The van der Waals surface area contributed by atoms with Gasteiger partial charge in [-0.25, -0.2) is 4.79 Å². The molecule has 15 heavy (non-hydrogen) atoms. The number of methoxy groups -OCH3 is 1. The fourth-order valence-corrected chi connectivity index (χ4v) is 1.08. The van der Waals surface area contributed by atoms with Gasteiger partial charge in [0.15, 0.2) is 0 Å². The molecule has 0 aromatic heterocycles. The van der Waals surface area contributed by atoms with Crippen LogP contribution in [-0.2, 0) is 9.53 Å². The van der Waals surface area contributed by atoms with E-state index in [4.69, 9.17) is 11.6 Å². The predicted molar refractivity (Wildman–Crippen MR) is 57.7 cm³/mol. The van der Waals surface area contributed by atoms with Crippen molar-refractivity contribution >= 4 is 28.9 Å². The first kappa shape index (κ1) is 11.5. The Morgan fingerprint density at radius 1 is 1.27 bits per heavy atom. The Bertz CT molecular complexity index is 393. The van der Waals surface area contributed by atoms with Crippen molar-refractivity contribution in [3.63, 3.8) is 0 Å². The van der Waals surface area contributed by atoms with Gasteiger partial charge in [0.05, 0.1) is 7.11 Å². The summed E-state index contributed by atoms with van der Waals surface area (Å²) < 4.78 is 4.43. The molecule has 1 rings (SSSR count). The molecule has 0 radical (unpaired) electrons. The van der Waals surface area contributed by atoms with Crippen LogP contribution < -0.4 is 0 Å². The number of benzene rings is 1. The molecule has 1 aromatic rings. The molecule has 0 atom stereocenters. The summed E-state index contributed by atoms with van der Waals surface area (Å²) in [5, 5.41) is -0.501. The maximum absolute atomic E-state index is 10.8. The van der Waals surface area contributed by atoms with Gasteiger partial charge in [-0.1, -0.05) is 12.1 Å². The largest absolute Gasteiger partial charge is 0.466 e. The molecule has 0 N–H and O–H groups in total. The van der Waals surface area contributed by atoms with E-state index in [1.165, 1.54) is 13.2 Å². The van der Waals surface area contributed by atoms with Crippen LogP contribution in [0.3, 0.4) is 0 Å². The summed E-state index contributed by atoms with van der Waals surface area (Å²) in [7, 11) is 1.31. The van der Waals surface area contributed by atoms with E-state index in [1.807, 2.05) is 0 Å². The number of carbonyl (C=O) groups is 2. The zero-order chi connectivity index (χ0) is 11.3. The number of halogens is 1. The van der Waals surface area contributed by atoms with Crippen LogP contribution in [0, 0.1) is 0 Å². The fraction of sp³-hybridized carbons (Fsp3) is 0.0909. The van der Waals surface area contributed by atoms with Gasteiger partial charge in [-0.05, 0) is 35.4 Å². The van der Waals surface area contributed by atoms with Crippen LogP contribution in [0.5, 0.6) is 0 Å². The van der Waals surface area contributed by atoms with Crippen LogP contribution in [0.2, 0.25) is 0 Å².